The van der Waals surface area contributed by atoms with Crippen molar-refractivity contribution in [2.24, 2.45) is 0 Å². The van der Waals surface area contributed by atoms with Crippen LogP contribution in [0.4, 0.5) is 0 Å². The second kappa shape index (κ2) is 6.50. The van der Waals surface area contributed by atoms with Crippen LogP contribution in [0, 0.1) is 0 Å². The highest BCUT2D eigenvalue weighted by atomic mass is 32.2. The van der Waals surface area contributed by atoms with Gasteiger partial charge in [0.1, 0.15) is 0 Å². The number of carboxylic acid groups (broad SMARTS) is 1. The first-order valence-electron chi connectivity index (χ1n) is 6.89. The van der Waals surface area contributed by atoms with Crippen molar-refractivity contribution < 1.29 is 9.90 Å². The van der Waals surface area contributed by atoms with Crippen LogP contribution in [-0.2, 0) is 4.79 Å². The number of benzene rings is 3. The van der Waals surface area contributed by atoms with Crippen molar-refractivity contribution in [3.05, 3.63) is 78.4 Å². The zero-order valence-electron chi connectivity index (χ0n) is 11.8. The smallest absolute Gasteiger partial charge is 0.328 e. The van der Waals surface area contributed by atoms with Gasteiger partial charge < -0.3 is 5.11 Å². The van der Waals surface area contributed by atoms with Crippen LogP contribution in [0.1, 0.15) is 5.56 Å². The second-order valence-electron chi connectivity index (χ2n) is 4.82. The molecule has 0 aliphatic heterocycles. The molecule has 108 valence electrons. The summed E-state index contributed by atoms with van der Waals surface area (Å²) < 4.78 is 0. The van der Waals surface area contributed by atoms with E-state index in [1.807, 2.05) is 36.4 Å². The van der Waals surface area contributed by atoms with E-state index in [2.05, 4.69) is 30.3 Å². The van der Waals surface area contributed by atoms with Gasteiger partial charge in [-0.15, -0.1) is 0 Å². The topological polar surface area (TPSA) is 37.3 Å². The SMILES string of the molecule is O=C(O)C=Cc1ccccc1Sc1ccc2ccccc2c1. The third-order valence-corrected chi connectivity index (χ3v) is 4.35. The highest BCUT2D eigenvalue weighted by Crippen LogP contribution is 2.32. The van der Waals surface area contributed by atoms with Crippen LogP contribution in [0.25, 0.3) is 16.8 Å². The van der Waals surface area contributed by atoms with E-state index in [4.69, 9.17) is 5.11 Å². The average molecular weight is 306 g/mol. The molecule has 3 heteroatoms. The maximum Gasteiger partial charge on any atom is 0.328 e. The maximum absolute atomic E-state index is 10.7. The van der Waals surface area contributed by atoms with Crippen molar-refractivity contribution in [1.29, 1.82) is 0 Å². The fourth-order valence-electron chi connectivity index (χ4n) is 2.23. The largest absolute Gasteiger partial charge is 0.478 e. The number of fused-ring (bicyclic) bond motifs is 1. The molecule has 0 aliphatic rings. The lowest BCUT2D eigenvalue weighted by Gasteiger charge is -2.07. The lowest BCUT2D eigenvalue weighted by Crippen LogP contribution is -1.86. The average Bonchev–Trinajstić information content (AvgIpc) is 2.54. The fraction of sp³-hybridized carbons (Fsp3) is 0. The number of hydrogen-bond acceptors (Lipinski definition) is 2. The quantitative estimate of drug-likeness (QED) is 0.682. The molecule has 0 heterocycles. The van der Waals surface area contributed by atoms with Gasteiger partial charge in [-0.3, -0.25) is 0 Å². The summed E-state index contributed by atoms with van der Waals surface area (Å²) in [5, 5.41) is 11.2. The molecule has 0 radical (unpaired) electrons. The molecule has 0 unspecified atom stereocenters. The number of carbonyl (C=O) groups is 1. The van der Waals surface area contributed by atoms with Crippen LogP contribution >= 0.6 is 11.8 Å². The van der Waals surface area contributed by atoms with Gasteiger partial charge in [0.15, 0.2) is 0 Å². The molecule has 0 saturated carbocycles. The Hall–Kier alpha value is -2.52. The van der Waals surface area contributed by atoms with E-state index in [0.717, 1.165) is 15.4 Å². The molecule has 0 atom stereocenters. The van der Waals surface area contributed by atoms with Gasteiger partial charge in [0.2, 0.25) is 0 Å². The zero-order chi connectivity index (χ0) is 15.4. The van der Waals surface area contributed by atoms with E-state index in [0.29, 0.717) is 0 Å². The molecule has 3 rings (SSSR count). The van der Waals surface area contributed by atoms with Gasteiger partial charge in [0.25, 0.3) is 0 Å². The summed E-state index contributed by atoms with van der Waals surface area (Å²) in [6.45, 7) is 0. The fourth-order valence-corrected chi connectivity index (χ4v) is 3.21. The van der Waals surface area contributed by atoms with Crippen LogP contribution in [0.5, 0.6) is 0 Å². The summed E-state index contributed by atoms with van der Waals surface area (Å²) in [6.07, 6.45) is 2.80. The van der Waals surface area contributed by atoms with Crippen LogP contribution in [0.15, 0.2) is 82.6 Å². The molecule has 0 bridgehead atoms. The molecular formula is C19H14O2S. The molecule has 1 N–H and O–H groups in total. The van der Waals surface area contributed by atoms with Gasteiger partial charge in [-0.25, -0.2) is 4.79 Å². The Bertz CT molecular complexity index is 853. The Balaban J connectivity index is 1.93. The maximum atomic E-state index is 10.7. The van der Waals surface area contributed by atoms with E-state index in [1.54, 1.807) is 17.8 Å². The Kier molecular flexibility index (Phi) is 4.26. The van der Waals surface area contributed by atoms with Crippen molar-refractivity contribution in [3.8, 4) is 0 Å². The molecule has 0 amide bonds. The van der Waals surface area contributed by atoms with Crippen LogP contribution < -0.4 is 0 Å². The number of carboxylic acids is 1. The predicted octanol–water partition coefficient (Wildman–Crippen LogP) is 5.09. The number of hydrogen-bond donors (Lipinski definition) is 1. The minimum Gasteiger partial charge on any atom is -0.478 e. The Morgan fingerprint density at radius 3 is 2.45 bits per heavy atom. The van der Waals surface area contributed by atoms with Crippen molar-refractivity contribution in [2.75, 3.05) is 0 Å². The summed E-state index contributed by atoms with van der Waals surface area (Å²) >= 11 is 1.64. The Morgan fingerprint density at radius 1 is 0.909 bits per heavy atom. The second-order valence-corrected chi connectivity index (χ2v) is 5.94. The van der Waals surface area contributed by atoms with Crippen LogP contribution in [0.3, 0.4) is 0 Å². The standard InChI is InChI=1S/C19H14O2S/c20-19(21)12-10-15-6-3-4-8-18(15)22-17-11-9-14-5-1-2-7-16(14)13-17/h1-13H,(H,20,21). The lowest BCUT2D eigenvalue weighted by molar-refractivity contribution is -0.131. The molecular weight excluding hydrogens is 292 g/mol. The summed E-state index contributed by atoms with van der Waals surface area (Å²) in [7, 11) is 0. The minimum absolute atomic E-state index is 0.906. The molecule has 3 aromatic carbocycles. The van der Waals surface area contributed by atoms with Gasteiger partial charge in [-0.2, -0.15) is 0 Å². The molecule has 22 heavy (non-hydrogen) atoms. The van der Waals surface area contributed by atoms with Crippen molar-refractivity contribution in [1.82, 2.24) is 0 Å². The van der Waals surface area contributed by atoms with E-state index < -0.39 is 5.97 Å². The third-order valence-electron chi connectivity index (χ3n) is 3.27. The Labute approximate surface area is 133 Å². The van der Waals surface area contributed by atoms with Crippen molar-refractivity contribution >= 4 is 34.6 Å². The van der Waals surface area contributed by atoms with E-state index in [-0.39, 0.29) is 0 Å². The summed E-state index contributed by atoms with van der Waals surface area (Å²) in [6, 6.07) is 22.4. The third kappa shape index (κ3) is 3.38. The molecule has 0 fully saturated rings. The molecule has 2 nitrogen and oxygen atoms in total. The first-order chi connectivity index (χ1) is 10.7. The van der Waals surface area contributed by atoms with Crippen molar-refractivity contribution in [3.63, 3.8) is 0 Å². The van der Waals surface area contributed by atoms with Gasteiger partial charge in [-0.1, -0.05) is 60.3 Å². The first-order valence-corrected chi connectivity index (χ1v) is 7.71. The molecule has 0 spiro atoms. The summed E-state index contributed by atoms with van der Waals surface area (Å²) in [4.78, 5) is 12.9. The van der Waals surface area contributed by atoms with E-state index >= 15 is 0 Å². The lowest BCUT2D eigenvalue weighted by atomic mass is 10.1. The van der Waals surface area contributed by atoms with Gasteiger partial charge in [-0.05, 0) is 40.6 Å². The molecule has 0 aliphatic carbocycles. The first kappa shape index (κ1) is 14.4. The highest BCUT2D eigenvalue weighted by Gasteiger charge is 2.03. The normalized spacial score (nSPS) is 11.1. The zero-order valence-corrected chi connectivity index (χ0v) is 12.6. The van der Waals surface area contributed by atoms with Gasteiger partial charge in [0, 0.05) is 15.9 Å². The number of rotatable bonds is 4. The van der Waals surface area contributed by atoms with Crippen molar-refractivity contribution in [2.45, 2.75) is 9.79 Å². The van der Waals surface area contributed by atoms with E-state index in [9.17, 15) is 4.79 Å². The van der Waals surface area contributed by atoms with Crippen LogP contribution in [0.2, 0.25) is 0 Å². The number of aliphatic carboxylic acids is 1. The van der Waals surface area contributed by atoms with Gasteiger partial charge >= 0.3 is 5.97 Å². The minimum atomic E-state index is -0.939. The predicted molar refractivity (Wildman–Crippen MR) is 91.2 cm³/mol. The Morgan fingerprint density at radius 2 is 1.64 bits per heavy atom. The summed E-state index contributed by atoms with van der Waals surface area (Å²) in [5.74, 6) is -0.939. The molecule has 0 saturated heterocycles. The molecule has 0 aromatic heterocycles. The highest BCUT2D eigenvalue weighted by molar-refractivity contribution is 7.99. The monoisotopic (exact) mass is 306 g/mol. The van der Waals surface area contributed by atoms with Crippen LogP contribution in [-0.4, -0.2) is 11.1 Å². The molecule has 3 aromatic rings. The van der Waals surface area contributed by atoms with Gasteiger partial charge in [0.05, 0.1) is 0 Å². The summed E-state index contributed by atoms with van der Waals surface area (Å²) in [5.41, 5.74) is 0.906. The van der Waals surface area contributed by atoms with E-state index in [1.165, 1.54) is 16.8 Å².